The van der Waals surface area contributed by atoms with Crippen molar-refractivity contribution in [2.24, 2.45) is 0 Å². The quantitative estimate of drug-likeness (QED) is 0.838. The summed E-state index contributed by atoms with van der Waals surface area (Å²) in [4.78, 5) is 14.1. The van der Waals surface area contributed by atoms with Crippen molar-refractivity contribution in [1.82, 2.24) is 19.8 Å². The molecule has 0 aliphatic carbocycles. The molecule has 0 bridgehead atoms. The summed E-state index contributed by atoms with van der Waals surface area (Å²) in [5, 5.41) is 0. The molecule has 4 nitrogen and oxygen atoms in total. The van der Waals surface area contributed by atoms with E-state index < -0.39 is 0 Å². The summed E-state index contributed by atoms with van der Waals surface area (Å²) in [5.41, 5.74) is 2.74. The van der Waals surface area contributed by atoms with E-state index in [1.165, 1.54) is 62.7 Å². The molecule has 2 atom stereocenters. The predicted octanol–water partition coefficient (Wildman–Crippen LogP) is 4.19. The van der Waals surface area contributed by atoms with E-state index in [1.807, 2.05) is 12.4 Å². The fourth-order valence-electron chi connectivity index (χ4n) is 4.45. The van der Waals surface area contributed by atoms with Gasteiger partial charge in [-0.3, -0.25) is 19.8 Å². The Morgan fingerprint density at radius 2 is 1.28 bits per heavy atom. The first kappa shape index (κ1) is 16.7. The smallest absolute Gasteiger partial charge is 0.0517 e. The normalized spacial score (nSPS) is 25.8. The lowest BCUT2D eigenvalue weighted by molar-refractivity contribution is 0.0261. The van der Waals surface area contributed by atoms with E-state index in [1.54, 1.807) is 0 Å². The SMILES string of the molecule is c1cncc([C@H]2CCCCN2CN2CCCC[C@H]2c2cccnc2)c1. The Labute approximate surface area is 150 Å². The Morgan fingerprint density at radius 1 is 0.760 bits per heavy atom. The van der Waals surface area contributed by atoms with Gasteiger partial charge in [0.15, 0.2) is 0 Å². The molecule has 2 aliphatic rings. The highest BCUT2D eigenvalue weighted by Gasteiger charge is 2.30. The maximum Gasteiger partial charge on any atom is 0.0517 e. The molecular formula is C21H28N4. The molecule has 2 saturated heterocycles. The number of hydrogen-bond acceptors (Lipinski definition) is 4. The fraction of sp³-hybridized carbons (Fsp3) is 0.524. The zero-order valence-electron chi connectivity index (χ0n) is 14.9. The van der Waals surface area contributed by atoms with Crippen molar-refractivity contribution >= 4 is 0 Å². The highest BCUT2D eigenvalue weighted by molar-refractivity contribution is 5.16. The zero-order valence-corrected chi connectivity index (χ0v) is 14.9. The average molecular weight is 336 g/mol. The van der Waals surface area contributed by atoms with Crippen molar-refractivity contribution < 1.29 is 0 Å². The van der Waals surface area contributed by atoms with Crippen LogP contribution in [-0.4, -0.2) is 39.5 Å². The fourth-order valence-corrected chi connectivity index (χ4v) is 4.45. The second kappa shape index (κ2) is 8.07. The summed E-state index contributed by atoms with van der Waals surface area (Å²) < 4.78 is 0. The van der Waals surface area contributed by atoms with E-state index >= 15 is 0 Å². The van der Waals surface area contributed by atoms with Crippen molar-refractivity contribution in [3.63, 3.8) is 0 Å². The molecule has 0 unspecified atom stereocenters. The summed E-state index contributed by atoms with van der Waals surface area (Å²) in [6, 6.07) is 9.65. The van der Waals surface area contributed by atoms with Gasteiger partial charge in [-0.1, -0.05) is 25.0 Å². The van der Waals surface area contributed by atoms with Crippen LogP contribution in [0, 0.1) is 0 Å². The molecule has 0 saturated carbocycles. The summed E-state index contributed by atoms with van der Waals surface area (Å²) in [5.74, 6) is 0. The van der Waals surface area contributed by atoms with Gasteiger partial charge in [0.05, 0.1) is 6.67 Å². The molecule has 2 aromatic rings. The van der Waals surface area contributed by atoms with Crippen molar-refractivity contribution in [3.05, 3.63) is 60.2 Å². The minimum absolute atomic E-state index is 0.513. The Bertz CT molecular complexity index is 588. The number of nitrogens with zero attached hydrogens (tertiary/aromatic N) is 4. The van der Waals surface area contributed by atoms with Gasteiger partial charge in [-0.15, -0.1) is 0 Å². The summed E-state index contributed by atoms with van der Waals surface area (Å²) in [7, 11) is 0. The number of pyridine rings is 2. The lowest BCUT2D eigenvalue weighted by atomic mass is 9.95. The summed E-state index contributed by atoms with van der Waals surface area (Å²) in [6.45, 7) is 3.44. The first-order valence-corrected chi connectivity index (χ1v) is 9.70. The van der Waals surface area contributed by atoms with E-state index in [2.05, 4.69) is 56.4 Å². The van der Waals surface area contributed by atoms with E-state index in [0.717, 1.165) is 6.67 Å². The number of likely N-dealkylation sites (tertiary alicyclic amines) is 2. The van der Waals surface area contributed by atoms with Gasteiger partial charge in [-0.05, 0) is 62.0 Å². The highest BCUT2D eigenvalue weighted by Crippen LogP contribution is 2.35. The van der Waals surface area contributed by atoms with Crippen LogP contribution in [-0.2, 0) is 0 Å². The largest absolute Gasteiger partial charge is 0.283 e. The number of hydrogen-bond donors (Lipinski definition) is 0. The number of aromatic nitrogens is 2. The molecule has 0 spiro atoms. The van der Waals surface area contributed by atoms with Crippen LogP contribution in [0.25, 0.3) is 0 Å². The number of piperidine rings is 2. The second-order valence-corrected chi connectivity index (χ2v) is 7.36. The molecule has 4 heterocycles. The third-order valence-corrected chi connectivity index (χ3v) is 5.73. The molecule has 2 aromatic heterocycles. The Balaban J connectivity index is 1.52. The average Bonchev–Trinajstić information content (AvgIpc) is 2.70. The van der Waals surface area contributed by atoms with Gasteiger partial charge in [0.1, 0.15) is 0 Å². The van der Waals surface area contributed by atoms with Crippen molar-refractivity contribution in [1.29, 1.82) is 0 Å². The highest BCUT2D eigenvalue weighted by atomic mass is 15.3. The Morgan fingerprint density at radius 3 is 1.72 bits per heavy atom. The van der Waals surface area contributed by atoms with Gasteiger partial charge in [-0.2, -0.15) is 0 Å². The second-order valence-electron chi connectivity index (χ2n) is 7.36. The van der Waals surface area contributed by atoms with Crippen LogP contribution in [0.2, 0.25) is 0 Å². The standard InChI is InChI=1S/C21H28N4/c1-3-13-24(20(9-1)18-7-5-11-22-15-18)17-25-14-4-2-10-21(25)19-8-6-12-23-16-19/h5-8,11-12,15-16,20-21H,1-4,9-10,13-14,17H2/t20-,21+. The van der Waals surface area contributed by atoms with Crippen molar-refractivity contribution in [3.8, 4) is 0 Å². The molecule has 2 fully saturated rings. The van der Waals surface area contributed by atoms with E-state index in [9.17, 15) is 0 Å². The summed E-state index contributed by atoms with van der Waals surface area (Å²) >= 11 is 0. The molecule has 4 heteroatoms. The zero-order chi connectivity index (χ0) is 16.9. The molecule has 0 radical (unpaired) electrons. The minimum atomic E-state index is 0.513. The maximum absolute atomic E-state index is 4.36. The number of rotatable bonds is 4. The molecule has 0 N–H and O–H groups in total. The van der Waals surface area contributed by atoms with Crippen LogP contribution in [0.15, 0.2) is 49.1 Å². The molecular weight excluding hydrogens is 308 g/mol. The maximum atomic E-state index is 4.36. The minimum Gasteiger partial charge on any atom is -0.283 e. The van der Waals surface area contributed by atoms with Gasteiger partial charge < -0.3 is 0 Å². The first-order valence-electron chi connectivity index (χ1n) is 9.70. The van der Waals surface area contributed by atoms with Gasteiger partial charge in [0.2, 0.25) is 0 Å². The third kappa shape index (κ3) is 3.91. The van der Waals surface area contributed by atoms with Crippen molar-refractivity contribution in [2.75, 3.05) is 19.8 Å². The molecule has 0 amide bonds. The predicted molar refractivity (Wildman–Crippen MR) is 99.9 cm³/mol. The van der Waals surface area contributed by atoms with Gasteiger partial charge >= 0.3 is 0 Å². The van der Waals surface area contributed by atoms with Crippen molar-refractivity contribution in [2.45, 2.75) is 50.6 Å². The van der Waals surface area contributed by atoms with Crippen LogP contribution in [0.1, 0.15) is 61.7 Å². The Hall–Kier alpha value is -1.78. The molecule has 4 rings (SSSR count). The lowest BCUT2D eigenvalue weighted by Gasteiger charge is -2.43. The third-order valence-electron chi connectivity index (χ3n) is 5.73. The van der Waals surface area contributed by atoms with Crippen LogP contribution < -0.4 is 0 Å². The van der Waals surface area contributed by atoms with Crippen LogP contribution in [0.4, 0.5) is 0 Å². The monoisotopic (exact) mass is 336 g/mol. The van der Waals surface area contributed by atoms with Crippen LogP contribution in [0.5, 0.6) is 0 Å². The topological polar surface area (TPSA) is 32.3 Å². The van der Waals surface area contributed by atoms with Crippen LogP contribution >= 0.6 is 0 Å². The molecule has 0 aromatic carbocycles. The van der Waals surface area contributed by atoms with E-state index in [4.69, 9.17) is 0 Å². The van der Waals surface area contributed by atoms with E-state index in [-0.39, 0.29) is 0 Å². The van der Waals surface area contributed by atoms with Gasteiger partial charge in [0.25, 0.3) is 0 Å². The van der Waals surface area contributed by atoms with Gasteiger partial charge in [-0.25, -0.2) is 0 Å². The first-order chi connectivity index (χ1) is 12.4. The van der Waals surface area contributed by atoms with E-state index in [0.29, 0.717) is 12.1 Å². The lowest BCUT2D eigenvalue weighted by Crippen LogP contribution is -2.45. The van der Waals surface area contributed by atoms with Gasteiger partial charge in [0, 0.05) is 36.9 Å². The molecule has 25 heavy (non-hydrogen) atoms. The van der Waals surface area contributed by atoms with Crippen LogP contribution in [0.3, 0.4) is 0 Å². The molecule has 2 aliphatic heterocycles. The molecule has 132 valence electrons. The Kier molecular flexibility index (Phi) is 5.38. The summed E-state index contributed by atoms with van der Waals surface area (Å²) in [6.07, 6.45) is 15.6.